The summed E-state index contributed by atoms with van der Waals surface area (Å²) in [5.41, 5.74) is 4.28. The zero-order valence-electron chi connectivity index (χ0n) is 12.2. The Kier molecular flexibility index (Phi) is 4.62. The third kappa shape index (κ3) is 3.24. The van der Waals surface area contributed by atoms with Crippen LogP contribution in [0.3, 0.4) is 0 Å². The molecule has 3 rings (SSSR count). The van der Waals surface area contributed by atoms with E-state index in [1.165, 1.54) is 4.70 Å². The van der Waals surface area contributed by atoms with E-state index in [1.54, 1.807) is 11.3 Å². The van der Waals surface area contributed by atoms with E-state index < -0.39 is 6.10 Å². The Hall–Kier alpha value is -1.62. The van der Waals surface area contributed by atoms with Crippen LogP contribution in [0, 0.1) is 6.92 Å². The quantitative estimate of drug-likeness (QED) is 0.685. The first kappa shape index (κ1) is 15.3. The largest absolute Gasteiger partial charge is 0.390 e. The van der Waals surface area contributed by atoms with E-state index in [0.717, 1.165) is 27.3 Å². The molecule has 3 aromatic rings. The van der Waals surface area contributed by atoms with E-state index >= 15 is 0 Å². The number of aromatic nitrogens is 1. The molecule has 114 valence electrons. The van der Waals surface area contributed by atoms with E-state index in [4.69, 9.17) is 11.6 Å². The van der Waals surface area contributed by atoms with Crippen LogP contribution in [0.15, 0.2) is 42.5 Å². The first-order valence-corrected chi connectivity index (χ1v) is 8.47. The number of thiazole rings is 1. The number of alkyl halides is 1. The first-order valence-electron chi connectivity index (χ1n) is 7.12. The van der Waals surface area contributed by atoms with Crippen LogP contribution in [0.4, 0.5) is 5.69 Å². The topological polar surface area (TPSA) is 45.2 Å². The minimum absolute atomic E-state index is 0.232. The smallest absolute Gasteiger partial charge is 0.124 e. The fraction of sp³-hybridized carbons (Fsp3) is 0.235. The maximum Gasteiger partial charge on any atom is 0.124 e. The first-order chi connectivity index (χ1) is 10.7. The van der Waals surface area contributed by atoms with E-state index in [9.17, 15) is 5.11 Å². The molecule has 0 aliphatic carbocycles. The van der Waals surface area contributed by atoms with Gasteiger partial charge in [-0.3, -0.25) is 0 Å². The average Bonchev–Trinajstić information content (AvgIpc) is 2.97. The number of anilines is 1. The molecular formula is C17H17ClN2OS. The van der Waals surface area contributed by atoms with Crippen LogP contribution in [0.5, 0.6) is 0 Å². The van der Waals surface area contributed by atoms with Crippen molar-refractivity contribution in [2.75, 3.05) is 17.7 Å². The van der Waals surface area contributed by atoms with Gasteiger partial charge in [0.1, 0.15) is 5.01 Å². The fourth-order valence-electron chi connectivity index (χ4n) is 2.27. The number of fused-ring (bicyclic) bond motifs is 1. The minimum Gasteiger partial charge on any atom is -0.390 e. The maximum atomic E-state index is 9.52. The summed E-state index contributed by atoms with van der Waals surface area (Å²) in [6.45, 7) is 2.50. The monoisotopic (exact) mass is 332 g/mol. The van der Waals surface area contributed by atoms with Crippen LogP contribution in [0.2, 0.25) is 0 Å². The van der Waals surface area contributed by atoms with E-state index in [1.807, 2.05) is 31.2 Å². The van der Waals surface area contributed by atoms with Crippen LogP contribution >= 0.6 is 22.9 Å². The van der Waals surface area contributed by atoms with Crippen LogP contribution in [0.1, 0.15) is 5.56 Å². The number of nitrogens with one attached hydrogen (secondary N) is 1. The highest BCUT2D eigenvalue weighted by atomic mass is 35.5. The molecular weight excluding hydrogens is 316 g/mol. The van der Waals surface area contributed by atoms with Crippen molar-refractivity contribution in [1.82, 2.24) is 4.98 Å². The lowest BCUT2D eigenvalue weighted by Crippen LogP contribution is -2.21. The summed E-state index contributed by atoms with van der Waals surface area (Å²) in [6, 6.07) is 14.4. The van der Waals surface area contributed by atoms with Crippen molar-refractivity contribution < 1.29 is 5.11 Å². The van der Waals surface area contributed by atoms with Crippen molar-refractivity contribution in [2.45, 2.75) is 13.0 Å². The second-order valence-electron chi connectivity index (χ2n) is 5.21. The van der Waals surface area contributed by atoms with Crippen LogP contribution in [-0.4, -0.2) is 28.6 Å². The van der Waals surface area contributed by atoms with Crippen LogP contribution < -0.4 is 5.32 Å². The Labute approximate surface area is 138 Å². The lowest BCUT2D eigenvalue weighted by atomic mass is 10.1. The normalized spacial score (nSPS) is 12.5. The third-order valence-electron chi connectivity index (χ3n) is 3.47. The predicted octanol–water partition coefficient (Wildman–Crippen LogP) is 4.28. The second-order valence-corrected chi connectivity index (χ2v) is 6.54. The van der Waals surface area contributed by atoms with Gasteiger partial charge in [-0.15, -0.1) is 22.9 Å². The number of rotatable bonds is 5. The molecule has 22 heavy (non-hydrogen) atoms. The van der Waals surface area contributed by atoms with Gasteiger partial charge < -0.3 is 10.4 Å². The number of aliphatic hydroxyl groups is 1. The third-order valence-corrected chi connectivity index (χ3v) is 4.92. The summed E-state index contributed by atoms with van der Waals surface area (Å²) in [5, 5.41) is 13.8. The van der Waals surface area contributed by atoms with Crippen LogP contribution in [-0.2, 0) is 0 Å². The molecule has 1 unspecified atom stereocenters. The molecule has 0 fully saturated rings. The summed E-state index contributed by atoms with van der Waals surface area (Å²) < 4.78 is 1.20. The van der Waals surface area contributed by atoms with Gasteiger partial charge in [0.25, 0.3) is 0 Å². The molecule has 0 bridgehead atoms. The molecule has 0 amide bonds. The zero-order chi connectivity index (χ0) is 15.5. The number of para-hydroxylation sites is 1. The lowest BCUT2D eigenvalue weighted by Gasteiger charge is -2.13. The van der Waals surface area contributed by atoms with Crippen molar-refractivity contribution in [3.05, 3.63) is 48.0 Å². The number of hydrogen-bond acceptors (Lipinski definition) is 4. The zero-order valence-corrected chi connectivity index (χ0v) is 13.8. The van der Waals surface area contributed by atoms with E-state index in [0.29, 0.717) is 6.54 Å². The number of nitrogens with zero attached hydrogens (tertiary/aromatic N) is 1. The molecule has 2 aromatic carbocycles. The van der Waals surface area contributed by atoms with E-state index in [-0.39, 0.29) is 5.88 Å². The number of aliphatic hydroxyl groups excluding tert-OH is 1. The molecule has 1 heterocycles. The van der Waals surface area contributed by atoms with Gasteiger partial charge in [0.05, 0.1) is 22.2 Å². The predicted molar refractivity (Wildman–Crippen MR) is 95.0 cm³/mol. The van der Waals surface area contributed by atoms with Crippen molar-refractivity contribution in [1.29, 1.82) is 0 Å². The molecule has 0 spiro atoms. The fourth-order valence-corrected chi connectivity index (χ4v) is 3.34. The van der Waals surface area contributed by atoms with Crippen molar-refractivity contribution in [2.24, 2.45) is 0 Å². The molecule has 1 atom stereocenters. The SMILES string of the molecule is Cc1cc(-c2nc3ccccc3s2)ccc1NCC(O)CCl. The summed E-state index contributed by atoms with van der Waals surface area (Å²) in [6.07, 6.45) is -0.537. The molecule has 0 saturated carbocycles. The number of hydrogen-bond donors (Lipinski definition) is 2. The van der Waals surface area contributed by atoms with Gasteiger partial charge in [-0.05, 0) is 42.8 Å². The van der Waals surface area contributed by atoms with Gasteiger partial charge >= 0.3 is 0 Å². The molecule has 1 aromatic heterocycles. The molecule has 0 radical (unpaired) electrons. The van der Waals surface area contributed by atoms with Crippen molar-refractivity contribution >= 4 is 38.8 Å². The van der Waals surface area contributed by atoms with E-state index in [2.05, 4.69) is 28.5 Å². The number of aryl methyl sites for hydroxylation is 1. The van der Waals surface area contributed by atoms with Gasteiger partial charge in [0, 0.05) is 17.8 Å². The van der Waals surface area contributed by atoms with Crippen molar-refractivity contribution in [3.8, 4) is 10.6 Å². The number of benzene rings is 2. The number of halogens is 1. The standard InChI is InChI=1S/C17H17ClN2OS/c1-11-8-12(6-7-14(11)19-10-13(21)9-18)17-20-15-4-2-3-5-16(15)22-17/h2-8,13,19,21H,9-10H2,1H3. The Morgan fingerprint density at radius 2 is 2.09 bits per heavy atom. The van der Waals surface area contributed by atoms with Gasteiger partial charge in [-0.1, -0.05) is 12.1 Å². The molecule has 0 aliphatic heterocycles. The molecule has 3 nitrogen and oxygen atoms in total. The Balaban J connectivity index is 1.84. The minimum atomic E-state index is -0.537. The highest BCUT2D eigenvalue weighted by Crippen LogP contribution is 2.31. The summed E-state index contributed by atoms with van der Waals surface area (Å²) in [7, 11) is 0. The lowest BCUT2D eigenvalue weighted by molar-refractivity contribution is 0.211. The molecule has 0 aliphatic rings. The second kappa shape index (κ2) is 6.65. The summed E-state index contributed by atoms with van der Waals surface area (Å²) in [4.78, 5) is 4.68. The average molecular weight is 333 g/mol. The van der Waals surface area contributed by atoms with Gasteiger partial charge in [-0.2, -0.15) is 0 Å². The highest BCUT2D eigenvalue weighted by Gasteiger charge is 2.08. The Morgan fingerprint density at radius 1 is 1.27 bits per heavy atom. The van der Waals surface area contributed by atoms with Crippen molar-refractivity contribution in [3.63, 3.8) is 0 Å². The highest BCUT2D eigenvalue weighted by molar-refractivity contribution is 7.21. The summed E-state index contributed by atoms with van der Waals surface area (Å²) >= 11 is 7.30. The van der Waals surface area contributed by atoms with Gasteiger partial charge in [-0.25, -0.2) is 4.98 Å². The Morgan fingerprint density at radius 3 is 2.82 bits per heavy atom. The molecule has 2 N–H and O–H groups in total. The summed E-state index contributed by atoms with van der Waals surface area (Å²) in [5.74, 6) is 0.232. The molecule has 0 saturated heterocycles. The Bertz CT molecular complexity index is 754. The van der Waals surface area contributed by atoms with Gasteiger partial charge in [0.2, 0.25) is 0 Å². The molecule has 5 heteroatoms. The van der Waals surface area contributed by atoms with Gasteiger partial charge in [0.15, 0.2) is 0 Å². The maximum absolute atomic E-state index is 9.52. The van der Waals surface area contributed by atoms with Crippen LogP contribution in [0.25, 0.3) is 20.8 Å².